The molecule has 6 heteroatoms. The van der Waals surface area contributed by atoms with Crippen molar-refractivity contribution in [2.24, 2.45) is 0 Å². The van der Waals surface area contributed by atoms with Gasteiger partial charge in [-0.15, -0.1) is 11.3 Å². The normalized spacial score (nSPS) is 10.8. The number of fused-ring (bicyclic) bond motifs is 1. The maximum Gasteiger partial charge on any atom is 0.221 e. The Hall–Kier alpha value is -2.11. The number of carbonyl (C=O) groups is 1. The molecule has 3 rings (SSSR count). The first kappa shape index (κ1) is 16.7. The van der Waals surface area contributed by atoms with Crippen LogP contribution in [0.25, 0.3) is 10.2 Å². The Morgan fingerprint density at radius 3 is 2.88 bits per heavy atom. The predicted molar refractivity (Wildman–Crippen MR) is 99.1 cm³/mol. The van der Waals surface area contributed by atoms with Gasteiger partial charge in [0, 0.05) is 17.6 Å². The highest BCUT2D eigenvalue weighted by atomic mass is 35.5. The number of ether oxygens (including phenoxy) is 1. The summed E-state index contributed by atoms with van der Waals surface area (Å²) in [6.07, 6.45) is 0.812. The van der Waals surface area contributed by atoms with Gasteiger partial charge < -0.3 is 10.1 Å². The third-order valence-electron chi connectivity index (χ3n) is 3.52. The summed E-state index contributed by atoms with van der Waals surface area (Å²) in [4.78, 5) is 15.8. The van der Waals surface area contributed by atoms with E-state index in [1.165, 1.54) is 6.92 Å². The maximum atomic E-state index is 11.2. The van der Waals surface area contributed by atoms with E-state index in [0.29, 0.717) is 11.6 Å². The first-order valence-electron chi connectivity index (χ1n) is 7.63. The van der Waals surface area contributed by atoms with Crippen molar-refractivity contribution in [1.82, 2.24) is 4.98 Å². The zero-order valence-corrected chi connectivity index (χ0v) is 15.0. The highest BCUT2D eigenvalue weighted by Crippen LogP contribution is 2.27. The van der Waals surface area contributed by atoms with Gasteiger partial charge in [-0.3, -0.25) is 4.79 Å². The molecule has 1 N–H and O–H groups in total. The lowest BCUT2D eigenvalue weighted by atomic mass is 10.1. The molecule has 0 spiro atoms. The second-order valence-electron chi connectivity index (χ2n) is 5.36. The molecule has 0 aliphatic heterocycles. The van der Waals surface area contributed by atoms with Crippen LogP contribution < -0.4 is 10.1 Å². The number of benzene rings is 2. The van der Waals surface area contributed by atoms with Gasteiger partial charge in [0.15, 0.2) is 0 Å². The number of hydrogen-bond donors (Lipinski definition) is 1. The molecule has 0 atom stereocenters. The van der Waals surface area contributed by atoms with Crippen molar-refractivity contribution in [3.05, 3.63) is 52.0 Å². The Morgan fingerprint density at radius 1 is 1.29 bits per heavy atom. The first-order chi connectivity index (χ1) is 11.5. The molecule has 3 aromatic rings. The Morgan fingerprint density at radius 2 is 2.12 bits per heavy atom. The predicted octanol–water partition coefficient (Wildman–Crippen LogP) is 5.05. The largest absolute Gasteiger partial charge is 0.486 e. The summed E-state index contributed by atoms with van der Waals surface area (Å²) in [5, 5.41) is 4.41. The topological polar surface area (TPSA) is 51.2 Å². The van der Waals surface area contributed by atoms with Crippen molar-refractivity contribution in [2.75, 3.05) is 5.32 Å². The van der Waals surface area contributed by atoms with Crippen molar-refractivity contribution in [3.63, 3.8) is 0 Å². The molecule has 124 valence electrons. The SMILES string of the molecule is CCc1cc(OCc2nc3cc(Cl)ccc3s2)ccc1NC(C)=O. The third kappa shape index (κ3) is 3.86. The van der Waals surface area contributed by atoms with Crippen LogP contribution in [0.15, 0.2) is 36.4 Å². The van der Waals surface area contributed by atoms with E-state index >= 15 is 0 Å². The van der Waals surface area contributed by atoms with Gasteiger partial charge in [-0.2, -0.15) is 0 Å². The van der Waals surface area contributed by atoms with Crippen LogP contribution in [-0.4, -0.2) is 10.9 Å². The molecule has 1 amide bonds. The molecule has 24 heavy (non-hydrogen) atoms. The fourth-order valence-corrected chi connectivity index (χ4v) is 3.45. The summed E-state index contributed by atoms with van der Waals surface area (Å²) in [6.45, 7) is 3.95. The molecule has 0 unspecified atom stereocenters. The molecule has 4 nitrogen and oxygen atoms in total. The lowest BCUT2D eigenvalue weighted by molar-refractivity contribution is -0.114. The van der Waals surface area contributed by atoms with Crippen molar-refractivity contribution < 1.29 is 9.53 Å². The van der Waals surface area contributed by atoms with Gasteiger partial charge in [-0.05, 0) is 48.4 Å². The summed E-state index contributed by atoms with van der Waals surface area (Å²) < 4.78 is 6.95. The van der Waals surface area contributed by atoms with Crippen molar-refractivity contribution in [2.45, 2.75) is 26.9 Å². The van der Waals surface area contributed by atoms with E-state index in [1.807, 2.05) is 43.3 Å². The van der Waals surface area contributed by atoms with Crippen LogP contribution in [0.5, 0.6) is 5.75 Å². The number of nitrogens with zero attached hydrogens (tertiary/aromatic N) is 1. The number of anilines is 1. The number of aryl methyl sites for hydroxylation is 1. The van der Waals surface area contributed by atoms with Crippen LogP contribution in [0.2, 0.25) is 5.02 Å². The Bertz CT molecular complexity index is 892. The van der Waals surface area contributed by atoms with Crippen LogP contribution in [-0.2, 0) is 17.8 Å². The Labute approximate surface area is 149 Å². The zero-order valence-electron chi connectivity index (χ0n) is 13.4. The average molecular weight is 361 g/mol. The smallest absolute Gasteiger partial charge is 0.221 e. The second-order valence-corrected chi connectivity index (χ2v) is 6.91. The lowest BCUT2D eigenvalue weighted by Crippen LogP contribution is -2.08. The van der Waals surface area contributed by atoms with E-state index in [9.17, 15) is 4.79 Å². The number of halogens is 1. The average Bonchev–Trinajstić information content (AvgIpc) is 2.95. The van der Waals surface area contributed by atoms with E-state index in [4.69, 9.17) is 16.3 Å². The monoisotopic (exact) mass is 360 g/mol. The Kier molecular flexibility index (Phi) is 5.02. The molecule has 1 aromatic heterocycles. The minimum Gasteiger partial charge on any atom is -0.486 e. The third-order valence-corrected chi connectivity index (χ3v) is 4.77. The number of nitrogens with one attached hydrogen (secondary N) is 1. The molecule has 2 aromatic carbocycles. The highest BCUT2D eigenvalue weighted by molar-refractivity contribution is 7.18. The van der Waals surface area contributed by atoms with Gasteiger partial charge in [-0.25, -0.2) is 4.98 Å². The van der Waals surface area contributed by atoms with Gasteiger partial charge in [0.2, 0.25) is 5.91 Å². The van der Waals surface area contributed by atoms with E-state index in [-0.39, 0.29) is 5.91 Å². The molecule has 0 saturated heterocycles. The van der Waals surface area contributed by atoms with Crippen LogP contribution in [0.1, 0.15) is 24.4 Å². The highest BCUT2D eigenvalue weighted by Gasteiger charge is 2.08. The molecule has 0 radical (unpaired) electrons. The number of hydrogen-bond acceptors (Lipinski definition) is 4. The number of aromatic nitrogens is 1. The van der Waals surface area contributed by atoms with Crippen molar-refractivity contribution >= 4 is 44.7 Å². The summed E-state index contributed by atoms with van der Waals surface area (Å²) in [5.74, 6) is 0.685. The maximum absolute atomic E-state index is 11.2. The fourth-order valence-electron chi connectivity index (χ4n) is 2.42. The molecule has 0 aliphatic carbocycles. The summed E-state index contributed by atoms with van der Waals surface area (Å²) in [7, 11) is 0. The van der Waals surface area contributed by atoms with Crippen LogP contribution in [0, 0.1) is 0 Å². The molecule has 0 saturated carbocycles. The minimum absolute atomic E-state index is 0.0773. The second kappa shape index (κ2) is 7.20. The van der Waals surface area contributed by atoms with Crippen LogP contribution >= 0.6 is 22.9 Å². The molecule has 0 aliphatic rings. The molecular weight excluding hydrogens is 344 g/mol. The van der Waals surface area contributed by atoms with Crippen LogP contribution in [0.4, 0.5) is 5.69 Å². The first-order valence-corrected chi connectivity index (χ1v) is 8.83. The standard InChI is InChI=1S/C18H17ClN2O2S/c1-3-12-8-14(5-6-15(12)20-11(2)22)23-10-18-21-16-9-13(19)4-7-17(16)24-18/h4-9H,3,10H2,1-2H3,(H,20,22). The zero-order chi connectivity index (χ0) is 17.1. The van der Waals surface area contributed by atoms with Crippen LogP contribution in [0.3, 0.4) is 0 Å². The van der Waals surface area contributed by atoms with Crippen molar-refractivity contribution in [3.8, 4) is 5.75 Å². The lowest BCUT2D eigenvalue weighted by Gasteiger charge is -2.11. The number of thiazole rings is 1. The van der Waals surface area contributed by atoms with Gasteiger partial charge in [0.1, 0.15) is 17.4 Å². The van der Waals surface area contributed by atoms with Crippen molar-refractivity contribution in [1.29, 1.82) is 0 Å². The molecule has 0 fully saturated rings. The molecule has 1 heterocycles. The number of amides is 1. The summed E-state index contributed by atoms with van der Waals surface area (Å²) in [6, 6.07) is 11.4. The van der Waals surface area contributed by atoms with Gasteiger partial charge in [0.05, 0.1) is 10.2 Å². The van der Waals surface area contributed by atoms with Gasteiger partial charge >= 0.3 is 0 Å². The molecular formula is C18H17ClN2O2S. The van der Waals surface area contributed by atoms with Gasteiger partial charge in [-0.1, -0.05) is 18.5 Å². The van der Waals surface area contributed by atoms with E-state index in [2.05, 4.69) is 10.3 Å². The molecule has 0 bridgehead atoms. The summed E-state index contributed by atoms with van der Waals surface area (Å²) >= 11 is 7.58. The fraction of sp³-hybridized carbons (Fsp3) is 0.222. The van der Waals surface area contributed by atoms with E-state index < -0.39 is 0 Å². The summed E-state index contributed by atoms with van der Waals surface area (Å²) in [5.41, 5.74) is 2.76. The van der Waals surface area contributed by atoms with Gasteiger partial charge in [0.25, 0.3) is 0 Å². The minimum atomic E-state index is -0.0773. The number of rotatable bonds is 5. The Balaban J connectivity index is 1.74. The quantitative estimate of drug-likeness (QED) is 0.692. The van der Waals surface area contributed by atoms with E-state index in [1.54, 1.807) is 11.3 Å². The van der Waals surface area contributed by atoms with E-state index in [0.717, 1.165) is 38.6 Å². The number of carbonyl (C=O) groups excluding carboxylic acids is 1.